The molecule has 0 spiro atoms. The van der Waals surface area contributed by atoms with Crippen molar-refractivity contribution in [3.63, 3.8) is 0 Å². The molecule has 1 heterocycles. The molecule has 0 atom stereocenters. The van der Waals surface area contributed by atoms with E-state index in [9.17, 15) is 18.5 Å². The summed E-state index contributed by atoms with van der Waals surface area (Å²) in [6.07, 6.45) is 0. The summed E-state index contributed by atoms with van der Waals surface area (Å²) in [5.74, 6) is 1.19. The van der Waals surface area contributed by atoms with E-state index in [-0.39, 0.29) is 18.3 Å². The minimum Gasteiger partial charge on any atom is -0.493 e. The molecule has 0 saturated heterocycles. The van der Waals surface area contributed by atoms with E-state index < -0.39 is 25.5 Å². The van der Waals surface area contributed by atoms with Gasteiger partial charge < -0.3 is 14.0 Å². The highest BCUT2D eigenvalue weighted by molar-refractivity contribution is 7.89. The number of ether oxygens (including phenoxy) is 2. The standard InChI is InChI=1S/C17H16N4O7S/c1-26-13-8-7-11(9-14(13)27-2)17-19-16(28-20-17)10-18-29(24,25)15-6-4-3-5-12(15)21(22)23/h3-9,18H,10H2,1-2H3. The molecule has 0 saturated carbocycles. The maximum Gasteiger partial charge on any atom is 0.289 e. The van der Waals surface area contributed by atoms with Gasteiger partial charge in [-0.1, -0.05) is 17.3 Å². The lowest BCUT2D eigenvalue weighted by Gasteiger charge is -2.07. The highest BCUT2D eigenvalue weighted by atomic mass is 32.2. The van der Waals surface area contributed by atoms with E-state index in [0.717, 1.165) is 12.1 Å². The Bertz CT molecular complexity index is 1140. The molecule has 0 amide bonds. The summed E-state index contributed by atoms with van der Waals surface area (Å²) in [6.45, 7) is -0.339. The van der Waals surface area contributed by atoms with Crippen LogP contribution in [0.1, 0.15) is 5.89 Å². The van der Waals surface area contributed by atoms with Crippen LogP contribution in [0.25, 0.3) is 11.4 Å². The lowest BCUT2D eigenvalue weighted by Crippen LogP contribution is -2.24. The number of nitrogens with zero attached hydrogens (tertiary/aromatic N) is 3. The molecule has 11 nitrogen and oxygen atoms in total. The Labute approximate surface area is 165 Å². The van der Waals surface area contributed by atoms with Crippen LogP contribution in [-0.2, 0) is 16.6 Å². The van der Waals surface area contributed by atoms with Crippen molar-refractivity contribution in [3.8, 4) is 22.9 Å². The largest absolute Gasteiger partial charge is 0.493 e. The van der Waals surface area contributed by atoms with Crippen molar-refractivity contribution in [1.29, 1.82) is 0 Å². The molecule has 0 aliphatic rings. The molecule has 0 radical (unpaired) electrons. The van der Waals surface area contributed by atoms with E-state index >= 15 is 0 Å². The van der Waals surface area contributed by atoms with Gasteiger partial charge >= 0.3 is 0 Å². The van der Waals surface area contributed by atoms with Gasteiger partial charge in [-0.2, -0.15) is 4.98 Å². The second-order valence-electron chi connectivity index (χ2n) is 5.63. The number of rotatable bonds is 8. The maximum absolute atomic E-state index is 12.4. The fourth-order valence-electron chi connectivity index (χ4n) is 2.49. The predicted molar refractivity (Wildman–Crippen MR) is 100.0 cm³/mol. The molecule has 3 aromatic rings. The highest BCUT2D eigenvalue weighted by Gasteiger charge is 2.25. The van der Waals surface area contributed by atoms with E-state index in [4.69, 9.17) is 14.0 Å². The summed E-state index contributed by atoms with van der Waals surface area (Å²) in [5, 5.41) is 14.9. The molecule has 0 unspecified atom stereocenters. The summed E-state index contributed by atoms with van der Waals surface area (Å²) in [7, 11) is -1.17. The number of nitro groups is 1. The first kappa shape index (κ1) is 20.2. The molecule has 0 bridgehead atoms. The van der Waals surface area contributed by atoms with Crippen LogP contribution in [0.5, 0.6) is 11.5 Å². The molecule has 152 valence electrons. The van der Waals surface area contributed by atoms with Crippen molar-refractivity contribution in [2.24, 2.45) is 0 Å². The SMILES string of the molecule is COc1ccc(-c2noc(CNS(=O)(=O)c3ccccc3[N+](=O)[O-])n2)cc1OC. The average Bonchev–Trinajstić information content (AvgIpc) is 3.21. The Balaban J connectivity index is 1.78. The first-order chi connectivity index (χ1) is 13.9. The molecule has 0 aliphatic heterocycles. The van der Waals surface area contributed by atoms with Gasteiger partial charge in [0.15, 0.2) is 16.4 Å². The van der Waals surface area contributed by atoms with Gasteiger partial charge in [-0.3, -0.25) is 10.1 Å². The Morgan fingerprint density at radius 3 is 2.55 bits per heavy atom. The molecule has 0 fully saturated rings. The quantitative estimate of drug-likeness (QED) is 0.427. The normalized spacial score (nSPS) is 11.2. The van der Waals surface area contributed by atoms with Crippen LogP contribution in [0.4, 0.5) is 5.69 Å². The van der Waals surface area contributed by atoms with Gasteiger partial charge in [-0.15, -0.1) is 0 Å². The fraction of sp³-hybridized carbons (Fsp3) is 0.176. The predicted octanol–water partition coefficient (Wildman–Crippen LogP) is 2.14. The van der Waals surface area contributed by atoms with Gasteiger partial charge in [-0.25, -0.2) is 13.1 Å². The lowest BCUT2D eigenvalue weighted by atomic mass is 10.2. The zero-order valence-electron chi connectivity index (χ0n) is 15.4. The van der Waals surface area contributed by atoms with E-state index in [1.807, 2.05) is 0 Å². The van der Waals surface area contributed by atoms with Crippen molar-refractivity contribution in [1.82, 2.24) is 14.9 Å². The second kappa shape index (κ2) is 8.24. The molecule has 1 N–H and O–H groups in total. The van der Waals surface area contributed by atoms with Gasteiger partial charge in [0, 0.05) is 11.6 Å². The first-order valence-electron chi connectivity index (χ1n) is 8.14. The summed E-state index contributed by atoms with van der Waals surface area (Å²) >= 11 is 0. The van der Waals surface area contributed by atoms with Crippen molar-refractivity contribution >= 4 is 15.7 Å². The van der Waals surface area contributed by atoms with Crippen molar-refractivity contribution in [2.45, 2.75) is 11.4 Å². The molecule has 12 heteroatoms. The average molecular weight is 420 g/mol. The monoisotopic (exact) mass is 420 g/mol. The number of nitro benzene ring substituents is 1. The minimum atomic E-state index is -4.17. The van der Waals surface area contributed by atoms with Crippen molar-refractivity contribution in [3.05, 3.63) is 58.5 Å². The molecule has 3 rings (SSSR count). The zero-order valence-corrected chi connectivity index (χ0v) is 16.2. The van der Waals surface area contributed by atoms with Gasteiger partial charge in [0.1, 0.15) is 0 Å². The van der Waals surface area contributed by atoms with Gasteiger partial charge in [0.2, 0.25) is 21.7 Å². The number of benzene rings is 2. The summed E-state index contributed by atoms with van der Waals surface area (Å²) in [5.41, 5.74) is 0.0377. The third-order valence-corrected chi connectivity index (χ3v) is 5.32. The third kappa shape index (κ3) is 4.33. The number of sulfonamides is 1. The minimum absolute atomic E-state index is 0.0167. The Hall–Kier alpha value is -3.51. The Morgan fingerprint density at radius 1 is 1.14 bits per heavy atom. The van der Waals surface area contributed by atoms with Gasteiger partial charge in [-0.05, 0) is 24.3 Å². The summed E-state index contributed by atoms with van der Waals surface area (Å²) < 4.78 is 42.5. The van der Waals surface area contributed by atoms with Crippen LogP contribution in [0.15, 0.2) is 51.9 Å². The summed E-state index contributed by atoms with van der Waals surface area (Å²) in [6, 6.07) is 10.0. The van der Waals surface area contributed by atoms with Crippen LogP contribution in [0.2, 0.25) is 0 Å². The number of hydrogen-bond acceptors (Lipinski definition) is 9. The summed E-state index contributed by atoms with van der Waals surface area (Å²) in [4.78, 5) is 14.0. The van der Waals surface area contributed by atoms with E-state index in [1.165, 1.54) is 26.4 Å². The highest BCUT2D eigenvalue weighted by Crippen LogP contribution is 2.31. The van der Waals surface area contributed by atoms with Crippen LogP contribution in [-0.4, -0.2) is 37.7 Å². The maximum atomic E-state index is 12.4. The second-order valence-corrected chi connectivity index (χ2v) is 7.37. The van der Waals surface area contributed by atoms with E-state index in [0.29, 0.717) is 17.1 Å². The van der Waals surface area contributed by atoms with Crippen LogP contribution >= 0.6 is 0 Å². The van der Waals surface area contributed by atoms with Crippen LogP contribution in [0.3, 0.4) is 0 Å². The lowest BCUT2D eigenvalue weighted by molar-refractivity contribution is -0.387. The molecule has 2 aromatic carbocycles. The number of nitrogens with one attached hydrogen (secondary N) is 1. The van der Waals surface area contributed by atoms with E-state index in [1.54, 1.807) is 18.2 Å². The Kier molecular flexibility index (Phi) is 5.75. The molecule has 29 heavy (non-hydrogen) atoms. The van der Waals surface area contributed by atoms with Gasteiger partial charge in [0.25, 0.3) is 5.69 Å². The molecule has 1 aromatic heterocycles. The smallest absolute Gasteiger partial charge is 0.289 e. The molecular weight excluding hydrogens is 404 g/mol. The van der Waals surface area contributed by atoms with Crippen LogP contribution in [0, 0.1) is 10.1 Å². The van der Waals surface area contributed by atoms with Crippen molar-refractivity contribution < 1.29 is 27.3 Å². The molecular formula is C17H16N4O7S. The van der Waals surface area contributed by atoms with Crippen molar-refractivity contribution in [2.75, 3.05) is 14.2 Å². The fourth-order valence-corrected chi connectivity index (χ4v) is 3.63. The number of para-hydroxylation sites is 1. The molecule has 0 aliphatic carbocycles. The first-order valence-corrected chi connectivity index (χ1v) is 9.62. The zero-order chi connectivity index (χ0) is 21.0. The topological polar surface area (TPSA) is 147 Å². The van der Waals surface area contributed by atoms with E-state index in [2.05, 4.69) is 14.9 Å². The van der Waals surface area contributed by atoms with Gasteiger partial charge in [0.05, 0.1) is 25.7 Å². The Morgan fingerprint density at radius 2 is 1.86 bits per heavy atom. The number of aromatic nitrogens is 2. The third-order valence-electron chi connectivity index (χ3n) is 3.87. The van der Waals surface area contributed by atoms with Crippen LogP contribution < -0.4 is 14.2 Å². The number of methoxy groups -OCH3 is 2. The number of hydrogen-bond donors (Lipinski definition) is 1.